The van der Waals surface area contributed by atoms with Gasteiger partial charge in [-0.1, -0.05) is 93.6 Å². The number of hydrogen-bond acceptors (Lipinski definition) is 4. The van der Waals surface area contributed by atoms with Crippen LogP contribution in [0.5, 0.6) is 5.75 Å². The van der Waals surface area contributed by atoms with Crippen LogP contribution in [0.3, 0.4) is 0 Å². The molecule has 0 saturated carbocycles. The maximum absolute atomic E-state index is 6.68. The van der Waals surface area contributed by atoms with Crippen LogP contribution in [0.15, 0.2) is 158 Å². The SMILES string of the molecule is CC(C)(C)c1cc2cc(c1)-c1ccccc1OCN1C=CC=CC1N(c1ccc(-n3c4ccccc4c4ccccc43)cc1)c1cccc-2n1. The van der Waals surface area contributed by atoms with E-state index in [1.54, 1.807) is 0 Å². The lowest BCUT2D eigenvalue weighted by Gasteiger charge is -2.39. The van der Waals surface area contributed by atoms with Gasteiger partial charge in [-0.25, -0.2) is 4.98 Å². The Morgan fingerprint density at radius 2 is 1.34 bits per heavy atom. The lowest BCUT2D eigenvalue weighted by Crippen LogP contribution is -2.45. The van der Waals surface area contributed by atoms with Crippen molar-refractivity contribution >= 4 is 33.3 Å². The Morgan fingerprint density at radius 3 is 2.10 bits per heavy atom. The van der Waals surface area contributed by atoms with Gasteiger partial charge in [0.25, 0.3) is 0 Å². The summed E-state index contributed by atoms with van der Waals surface area (Å²) in [6.07, 6.45) is 8.31. The lowest BCUT2D eigenvalue weighted by molar-refractivity contribution is 0.150. The number of pyridine rings is 1. The third-order valence-electron chi connectivity index (χ3n) is 9.89. The topological polar surface area (TPSA) is 33.5 Å². The number of ether oxygens (including phenoxy) is 1. The van der Waals surface area contributed by atoms with Crippen LogP contribution in [0.1, 0.15) is 26.3 Å². The van der Waals surface area contributed by atoms with Crippen LogP contribution < -0.4 is 9.64 Å². The Bertz CT molecular complexity index is 2390. The molecule has 4 heterocycles. The first-order chi connectivity index (χ1) is 24.4. The van der Waals surface area contributed by atoms with Gasteiger partial charge < -0.3 is 19.1 Å². The summed E-state index contributed by atoms with van der Waals surface area (Å²) in [6.45, 7) is 7.15. The minimum Gasteiger partial charge on any atom is -0.472 e. The lowest BCUT2D eigenvalue weighted by atomic mass is 9.83. The monoisotopic (exact) mass is 650 g/mol. The number of allylic oxidation sites excluding steroid dienone is 2. The van der Waals surface area contributed by atoms with Gasteiger partial charge in [-0.3, -0.25) is 0 Å². The molecule has 0 fully saturated rings. The standard InChI is InChI=1S/C45H38N4O/c1-45(2,3)33-28-31-27-32(29-33)39-16-12-20-43(46-39)49(44-21-10-11-26-47(44)30-50-42-19-9-6-13-36(31)42)35-24-22-34(23-25-35)48-40-17-7-4-14-37(40)38-15-5-8-18-41(38)48/h4-29,44H,30H2,1-3H3. The van der Waals surface area contributed by atoms with Crippen molar-refractivity contribution in [3.05, 3.63) is 163 Å². The van der Waals surface area contributed by atoms with Crippen LogP contribution in [0.4, 0.5) is 11.5 Å². The molecule has 5 heteroatoms. The molecule has 4 bridgehead atoms. The number of rotatable bonds is 2. The van der Waals surface area contributed by atoms with Crippen molar-refractivity contribution in [3.63, 3.8) is 0 Å². The second-order valence-electron chi connectivity index (χ2n) is 14.1. The number of aromatic nitrogens is 2. The smallest absolute Gasteiger partial charge is 0.162 e. The van der Waals surface area contributed by atoms with Crippen molar-refractivity contribution in [2.24, 2.45) is 0 Å². The molecule has 5 nitrogen and oxygen atoms in total. The molecule has 0 spiro atoms. The summed E-state index contributed by atoms with van der Waals surface area (Å²) < 4.78 is 9.03. The van der Waals surface area contributed by atoms with Crippen LogP contribution in [-0.4, -0.2) is 27.3 Å². The molecule has 0 N–H and O–H groups in total. The largest absolute Gasteiger partial charge is 0.472 e. The molecule has 0 saturated heterocycles. The normalized spacial score (nSPS) is 15.5. The number of nitrogens with zero attached hydrogens (tertiary/aromatic N) is 4. The molecule has 1 unspecified atom stereocenters. The van der Waals surface area contributed by atoms with Crippen molar-refractivity contribution in [1.29, 1.82) is 0 Å². The van der Waals surface area contributed by atoms with E-state index >= 15 is 0 Å². The van der Waals surface area contributed by atoms with Gasteiger partial charge in [-0.2, -0.15) is 0 Å². The predicted octanol–water partition coefficient (Wildman–Crippen LogP) is 11.0. The van der Waals surface area contributed by atoms with Gasteiger partial charge >= 0.3 is 0 Å². The number of anilines is 2. The van der Waals surface area contributed by atoms with Gasteiger partial charge in [0, 0.05) is 39.5 Å². The maximum Gasteiger partial charge on any atom is 0.162 e. The summed E-state index contributed by atoms with van der Waals surface area (Å²) in [5.41, 5.74) is 9.95. The molecule has 0 radical (unpaired) electrons. The Kier molecular flexibility index (Phi) is 7.09. The van der Waals surface area contributed by atoms with E-state index in [0.29, 0.717) is 6.73 Å². The zero-order valence-corrected chi connectivity index (χ0v) is 28.5. The first-order valence-corrected chi connectivity index (χ1v) is 17.3. The molecule has 7 aromatic rings. The zero-order valence-electron chi connectivity index (χ0n) is 28.5. The fourth-order valence-electron chi connectivity index (χ4n) is 7.32. The highest BCUT2D eigenvalue weighted by atomic mass is 16.5. The third kappa shape index (κ3) is 5.14. The quantitative estimate of drug-likeness (QED) is 0.186. The van der Waals surface area contributed by atoms with Crippen LogP contribution in [0.2, 0.25) is 0 Å². The molecule has 2 aliphatic rings. The van der Waals surface area contributed by atoms with Crippen molar-refractivity contribution in [2.45, 2.75) is 32.4 Å². The van der Waals surface area contributed by atoms with Crippen molar-refractivity contribution in [3.8, 4) is 33.8 Å². The van der Waals surface area contributed by atoms with E-state index in [9.17, 15) is 0 Å². The Labute approximate surface area is 293 Å². The average Bonchev–Trinajstić information content (AvgIpc) is 3.49. The summed E-state index contributed by atoms with van der Waals surface area (Å²) in [5.74, 6) is 1.72. The summed E-state index contributed by atoms with van der Waals surface area (Å²) >= 11 is 0. The molecule has 244 valence electrons. The van der Waals surface area contributed by atoms with Gasteiger partial charge in [0.2, 0.25) is 0 Å². The van der Waals surface area contributed by atoms with Gasteiger partial charge in [0.15, 0.2) is 6.73 Å². The van der Waals surface area contributed by atoms with Gasteiger partial charge in [0.1, 0.15) is 17.7 Å². The number of benzene rings is 5. The molecule has 5 aromatic carbocycles. The number of fused-ring (bicyclic) bond motifs is 11. The molecular formula is C45H38N4O. The summed E-state index contributed by atoms with van der Waals surface area (Å²) in [5, 5.41) is 2.50. The molecule has 2 aliphatic heterocycles. The fraction of sp³-hybridized carbons (Fsp3) is 0.133. The second-order valence-corrected chi connectivity index (χ2v) is 14.1. The Hall–Kier alpha value is -6.07. The van der Waals surface area contributed by atoms with E-state index in [0.717, 1.165) is 45.3 Å². The Morgan fingerprint density at radius 1 is 0.660 bits per heavy atom. The van der Waals surface area contributed by atoms with Crippen LogP contribution in [0.25, 0.3) is 49.9 Å². The van der Waals surface area contributed by atoms with E-state index in [4.69, 9.17) is 9.72 Å². The predicted molar refractivity (Wildman–Crippen MR) is 206 cm³/mol. The van der Waals surface area contributed by atoms with Crippen LogP contribution in [0, 0.1) is 0 Å². The molecule has 0 aliphatic carbocycles. The summed E-state index contributed by atoms with van der Waals surface area (Å²) in [7, 11) is 0. The minimum absolute atomic E-state index is 0.0491. The zero-order chi connectivity index (χ0) is 33.8. The fourth-order valence-corrected chi connectivity index (χ4v) is 7.32. The minimum atomic E-state index is -0.178. The molecule has 2 aromatic heterocycles. The summed E-state index contributed by atoms with van der Waals surface area (Å²) in [4.78, 5) is 9.92. The highest BCUT2D eigenvalue weighted by molar-refractivity contribution is 6.09. The van der Waals surface area contributed by atoms with E-state index in [-0.39, 0.29) is 11.6 Å². The van der Waals surface area contributed by atoms with Gasteiger partial charge in [0.05, 0.1) is 16.7 Å². The molecule has 0 amide bonds. The van der Waals surface area contributed by atoms with Crippen molar-refractivity contribution in [1.82, 2.24) is 14.5 Å². The van der Waals surface area contributed by atoms with E-state index in [1.165, 1.54) is 27.4 Å². The summed E-state index contributed by atoms with van der Waals surface area (Å²) in [6, 6.07) is 47.7. The average molecular weight is 651 g/mol. The van der Waals surface area contributed by atoms with E-state index < -0.39 is 0 Å². The molecule has 9 rings (SSSR count). The van der Waals surface area contributed by atoms with Crippen molar-refractivity contribution < 1.29 is 4.74 Å². The van der Waals surface area contributed by atoms with Crippen LogP contribution in [-0.2, 0) is 5.41 Å². The van der Waals surface area contributed by atoms with Gasteiger partial charge in [-0.15, -0.1) is 0 Å². The van der Waals surface area contributed by atoms with E-state index in [2.05, 4.69) is 187 Å². The third-order valence-corrected chi connectivity index (χ3v) is 9.89. The first kappa shape index (κ1) is 30.0. The highest BCUT2D eigenvalue weighted by Crippen LogP contribution is 2.39. The van der Waals surface area contributed by atoms with Gasteiger partial charge in [-0.05, 0) is 95.4 Å². The highest BCUT2D eigenvalue weighted by Gasteiger charge is 2.28. The van der Waals surface area contributed by atoms with E-state index in [1.807, 2.05) is 6.07 Å². The number of hydrogen-bond donors (Lipinski definition) is 0. The molecule has 50 heavy (non-hydrogen) atoms. The van der Waals surface area contributed by atoms with Crippen LogP contribution >= 0.6 is 0 Å². The maximum atomic E-state index is 6.68. The number of para-hydroxylation sites is 3. The molecule has 1 atom stereocenters. The second kappa shape index (κ2) is 11.8. The molecular weight excluding hydrogens is 613 g/mol. The van der Waals surface area contributed by atoms with Crippen molar-refractivity contribution in [2.75, 3.05) is 11.6 Å². The Balaban J connectivity index is 1.21. The first-order valence-electron chi connectivity index (χ1n) is 17.3.